The molecule has 0 spiro atoms. The molecule has 0 unspecified atom stereocenters. The minimum Gasteiger partial charge on any atom is -0.493 e. The third-order valence-corrected chi connectivity index (χ3v) is 4.48. The van der Waals surface area contributed by atoms with Crippen LogP contribution in [-0.4, -0.2) is 19.1 Å². The average Bonchev–Trinajstić information content (AvgIpc) is 3.13. The lowest BCUT2D eigenvalue weighted by Gasteiger charge is -2.17. The molecule has 26 heavy (non-hydrogen) atoms. The molecular weight excluding hydrogens is 352 g/mol. The highest BCUT2D eigenvalue weighted by atomic mass is 35.5. The fourth-order valence-electron chi connectivity index (χ4n) is 3.09. The first-order chi connectivity index (χ1) is 12.2. The molecule has 0 aromatic heterocycles. The van der Waals surface area contributed by atoms with Gasteiger partial charge in [0.2, 0.25) is 0 Å². The molecular formula is C20H25ClN2O3. The van der Waals surface area contributed by atoms with Crippen LogP contribution >= 0.6 is 12.4 Å². The number of para-hydroxylation sites is 1. The monoisotopic (exact) mass is 376 g/mol. The van der Waals surface area contributed by atoms with Crippen LogP contribution in [0.1, 0.15) is 41.6 Å². The van der Waals surface area contributed by atoms with Crippen molar-refractivity contribution in [1.82, 2.24) is 5.32 Å². The summed E-state index contributed by atoms with van der Waals surface area (Å²) in [5.41, 5.74) is 7.76. The van der Waals surface area contributed by atoms with Gasteiger partial charge in [0.05, 0.1) is 18.8 Å². The number of hydrogen-bond acceptors (Lipinski definition) is 4. The Kier molecular flexibility index (Phi) is 7.16. The van der Waals surface area contributed by atoms with Crippen molar-refractivity contribution in [2.45, 2.75) is 38.3 Å². The maximum atomic E-state index is 12.3. The molecule has 1 fully saturated rings. The highest BCUT2D eigenvalue weighted by molar-refractivity contribution is 5.99. The minimum atomic E-state index is -0.188. The lowest BCUT2D eigenvalue weighted by atomic mass is 10.1. The van der Waals surface area contributed by atoms with Gasteiger partial charge in [0.1, 0.15) is 0 Å². The second-order valence-corrected chi connectivity index (χ2v) is 6.28. The van der Waals surface area contributed by atoms with Crippen molar-refractivity contribution < 1.29 is 14.3 Å². The van der Waals surface area contributed by atoms with Gasteiger partial charge < -0.3 is 20.5 Å². The lowest BCUT2D eigenvalue weighted by Crippen LogP contribution is -2.23. The standard InChI is InChI=1S/C20H24N2O3.ClH/c1-24-18-11-10-14(12-19(18)25-15-6-2-3-7-15)13-22-20(23)16-8-4-5-9-17(16)21;/h4-5,8-12,15H,2-3,6-7,13,21H2,1H3,(H,22,23);1H. The van der Waals surface area contributed by atoms with Gasteiger partial charge in [-0.2, -0.15) is 0 Å². The summed E-state index contributed by atoms with van der Waals surface area (Å²) in [7, 11) is 1.64. The SMILES string of the molecule is COc1ccc(CNC(=O)c2ccccc2N)cc1OC1CCCC1.Cl. The molecule has 0 bridgehead atoms. The fourth-order valence-corrected chi connectivity index (χ4v) is 3.09. The number of carbonyl (C=O) groups is 1. The van der Waals surface area contributed by atoms with Crippen LogP contribution < -0.4 is 20.5 Å². The number of nitrogens with one attached hydrogen (secondary N) is 1. The lowest BCUT2D eigenvalue weighted by molar-refractivity contribution is 0.0951. The molecule has 3 rings (SSSR count). The summed E-state index contributed by atoms with van der Waals surface area (Å²) in [5.74, 6) is 1.27. The second-order valence-electron chi connectivity index (χ2n) is 6.28. The normalized spacial score (nSPS) is 13.7. The fraction of sp³-hybridized carbons (Fsp3) is 0.350. The van der Waals surface area contributed by atoms with E-state index in [-0.39, 0.29) is 24.4 Å². The number of amides is 1. The number of methoxy groups -OCH3 is 1. The third kappa shape index (κ3) is 4.82. The molecule has 0 atom stereocenters. The van der Waals surface area contributed by atoms with Gasteiger partial charge in [-0.15, -0.1) is 12.4 Å². The predicted molar refractivity (Wildman–Crippen MR) is 105 cm³/mol. The van der Waals surface area contributed by atoms with Crippen molar-refractivity contribution in [3.05, 3.63) is 53.6 Å². The molecule has 3 N–H and O–H groups in total. The van der Waals surface area contributed by atoms with E-state index < -0.39 is 0 Å². The summed E-state index contributed by atoms with van der Waals surface area (Å²) in [6.07, 6.45) is 4.83. The molecule has 0 saturated heterocycles. The summed E-state index contributed by atoms with van der Waals surface area (Å²) in [4.78, 5) is 12.3. The van der Waals surface area contributed by atoms with Crippen LogP contribution in [0.3, 0.4) is 0 Å². The molecule has 2 aromatic rings. The van der Waals surface area contributed by atoms with Crippen molar-refractivity contribution in [3.63, 3.8) is 0 Å². The van der Waals surface area contributed by atoms with Crippen molar-refractivity contribution in [3.8, 4) is 11.5 Å². The summed E-state index contributed by atoms with van der Waals surface area (Å²) in [5, 5.41) is 2.90. The summed E-state index contributed by atoms with van der Waals surface area (Å²) in [6.45, 7) is 0.401. The van der Waals surface area contributed by atoms with Crippen molar-refractivity contribution in [1.29, 1.82) is 0 Å². The Morgan fingerprint density at radius 3 is 2.58 bits per heavy atom. The number of halogens is 1. The van der Waals surface area contributed by atoms with Gasteiger partial charge in [0.15, 0.2) is 11.5 Å². The second kappa shape index (κ2) is 9.34. The zero-order chi connectivity index (χ0) is 17.6. The molecule has 1 aliphatic carbocycles. The Bertz CT molecular complexity index is 746. The van der Waals surface area contributed by atoms with Crippen LogP contribution in [0.25, 0.3) is 0 Å². The molecule has 6 heteroatoms. The average molecular weight is 377 g/mol. The number of hydrogen-bond donors (Lipinski definition) is 2. The Hall–Kier alpha value is -2.40. The maximum Gasteiger partial charge on any atom is 0.253 e. The molecule has 0 radical (unpaired) electrons. The summed E-state index contributed by atoms with van der Waals surface area (Å²) < 4.78 is 11.5. The van der Waals surface area contributed by atoms with Crippen LogP contribution in [0.2, 0.25) is 0 Å². The highest BCUT2D eigenvalue weighted by Gasteiger charge is 2.18. The van der Waals surface area contributed by atoms with Gasteiger partial charge >= 0.3 is 0 Å². The summed E-state index contributed by atoms with van der Waals surface area (Å²) in [6, 6.07) is 12.8. The van der Waals surface area contributed by atoms with Crippen LogP contribution in [0.4, 0.5) is 5.69 Å². The minimum absolute atomic E-state index is 0. The van der Waals surface area contributed by atoms with Crippen LogP contribution in [0.5, 0.6) is 11.5 Å². The van der Waals surface area contributed by atoms with E-state index in [1.54, 1.807) is 25.3 Å². The first-order valence-corrected chi connectivity index (χ1v) is 8.63. The first kappa shape index (κ1) is 19.9. The first-order valence-electron chi connectivity index (χ1n) is 8.63. The van der Waals surface area contributed by atoms with Gasteiger partial charge in [-0.3, -0.25) is 4.79 Å². The zero-order valence-corrected chi connectivity index (χ0v) is 15.7. The predicted octanol–water partition coefficient (Wildman–Crippen LogP) is 3.95. The quantitative estimate of drug-likeness (QED) is 0.748. The van der Waals surface area contributed by atoms with Crippen molar-refractivity contribution in [2.75, 3.05) is 12.8 Å². The molecule has 5 nitrogen and oxygen atoms in total. The highest BCUT2D eigenvalue weighted by Crippen LogP contribution is 2.32. The zero-order valence-electron chi connectivity index (χ0n) is 14.9. The summed E-state index contributed by atoms with van der Waals surface area (Å²) >= 11 is 0. The number of anilines is 1. The molecule has 1 saturated carbocycles. The van der Waals surface area contributed by atoms with Crippen molar-refractivity contribution >= 4 is 24.0 Å². The van der Waals surface area contributed by atoms with E-state index in [4.69, 9.17) is 15.2 Å². The Labute approximate surface area is 160 Å². The van der Waals surface area contributed by atoms with E-state index in [2.05, 4.69) is 5.32 Å². The van der Waals surface area contributed by atoms with E-state index in [0.29, 0.717) is 23.5 Å². The smallest absolute Gasteiger partial charge is 0.253 e. The van der Waals surface area contributed by atoms with E-state index >= 15 is 0 Å². The molecule has 140 valence electrons. The third-order valence-electron chi connectivity index (χ3n) is 4.48. The molecule has 0 heterocycles. The Balaban J connectivity index is 0.00000243. The van der Waals surface area contributed by atoms with Crippen LogP contribution in [0, 0.1) is 0 Å². The number of nitrogen functional groups attached to an aromatic ring is 1. The van der Waals surface area contributed by atoms with E-state index in [1.807, 2.05) is 24.3 Å². The Morgan fingerprint density at radius 1 is 1.15 bits per heavy atom. The number of ether oxygens (including phenoxy) is 2. The number of benzene rings is 2. The van der Waals surface area contributed by atoms with Crippen LogP contribution in [0.15, 0.2) is 42.5 Å². The van der Waals surface area contributed by atoms with E-state index in [0.717, 1.165) is 24.2 Å². The van der Waals surface area contributed by atoms with Gasteiger partial charge in [-0.25, -0.2) is 0 Å². The van der Waals surface area contributed by atoms with Gasteiger partial charge in [-0.1, -0.05) is 18.2 Å². The van der Waals surface area contributed by atoms with Gasteiger partial charge in [-0.05, 0) is 55.5 Å². The molecule has 1 aliphatic rings. The largest absolute Gasteiger partial charge is 0.493 e. The van der Waals surface area contributed by atoms with Crippen molar-refractivity contribution in [2.24, 2.45) is 0 Å². The molecule has 1 amide bonds. The molecule has 2 aromatic carbocycles. The molecule has 0 aliphatic heterocycles. The Morgan fingerprint density at radius 2 is 1.88 bits per heavy atom. The number of rotatable bonds is 6. The maximum absolute atomic E-state index is 12.3. The number of carbonyl (C=O) groups excluding carboxylic acids is 1. The van der Waals surface area contributed by atoms with Gasteiger partial charge in [0.25, 0.3) is 5.91 Å². The van der Waals surface area contributed by atoms with E-state index in [9.17, 15) is 4.79 Å². The number of nitrogens with two attached hydrogens (primary N) is 1. The van der Waals surface area contributed by atoms with Crippen LogP contribution in [-0.2, 0) is 6.54 Å². The topological polar surface area (TPSA) is 73.6 Å². The van der Waals surface area contributed by atoms with E-state index in [1.165, 1.54) is 12.8 Å². The van der Waals surface area contributed by atoms with Gasteiger partial charge in [0, 0.05) is 12.2 Å².